The monoisotopic (exact) mass is 233 g/mol. The lowest BCUT2D eigenvalue weighted by molar-refractivity contribution is 0.0978. The molecule has 4 nitrogen and oxygen atoms in total. The Balaban J connectivity index is 3.32. The number of halogens is 2. The van der Waals surface area contributed by atoms with E-state index in [-0.39, 0.29) is 18.0 Å². The average molecular weight is 234 g/mol. The van der Waals surface area contributed by atoms with Crippen molar-refractivity contribution in [3.63, 3.8) is 0 Å². The van der Waals surface area contributed by atoms with Gasteiger partial charge in [0.25, 0.3) is 0 Å². The van der Waals surface area contributed by atoms with Crippen molar-refractivity contribution in [3.05, 3.63) is 22.5 Å². The number of hydrogen-bond donors (Lipinski definition) is 3. The first-order valence-corrected chi connectivity index (χ1v) is 4.50. The van der Waals surface area contributed by atoms with Gasteiger partial charge >= 0.3 is 0 Å². The van der Waals surface area contributed by atoms with Crippen molar-refractivity contribution >= 4 is 17.4 Å². The molecule has 0 radical (unpaired) electrons. The number of carbonyl (C=O) groups is 1. The molecule has 1 aromatic carbocycles. The van der Waals surface area contributed by atoms with Crippen LogP contribution < -0.4 is 5.73 Å². The predicted molar refractivity (Wildman–Crippen MR) is 52.7 cm³/mol. The van der Waals surface area contributed by atoms with Gasteiger partial charge in [-0.3, -0.25) is 4.79 Å². The summed E-state index contributed by atoms with van der Waals surface area (Å²) in [6.07, 6.45) is -0.135. The van der Waals surface area contributed by atoms with E-state index in [1.54, 1.807) is 0 Å². The van der Waals surface area contributed by atoms with E-state index in [0.29, 0.717) is 0 Å². The SMILES string of the molecule is NCCC(=O)c1c(O)c(Cl)cc(O)c1F. The van der Waals surface area contributed by atoms with Crippen LogP contribution in [0.1, 0.15) is 16.8 Å². The van der Waals surface area contributed by atoms with Crippen molar-refractivity contribution in [1.29, 1.82) is 0 Å². The molecule has 1 rings (SSSR count). The maximum atomic E-state index is 13.3. The number of aromatic hydroxyl groups is 2. The number of benzene rings is 1. The third-order valence-electron chi connectivity index (χ3n) is 1.82. The Labute approximate surface area is 90.1 Å². The van der Waals surface area contributed by atoms with Crippen LogP contribution in [0.4, 0.5) is 4.39 Å². The first kappa shape index (κ1) is 11.7. The summed E-state index contributed by atoms with van der Waals surface area (Å²) in [5.74, 6) is -3.34. The van der Waals surface area contributed by atoms with E-state index in [1.807, 2.05) is 0 Å². The highest BCUT2D eigenvalue weighted by Crippen LogP contribution is 2.35. The third kappa shape index (κ3) is 2.19. The van der Waals surface area contributed by atoms with Crippen molar-refractivity contribution < 1.29 is 19.4 Å². The minimum atomic E-state index is -1.18. The number of phenols is 2. The second-order valence-electron chi connectivity index (χ2n) is 2.88. The fraction of sp³-hybridized carbons (Fsp3) is 0.222. The second kappa shape index (κ2) is 4.46. The topological polar surface area (TPSA) is 83.6 Å². The molecule has 0 heterocycles. The van der Waals surface area contributed by atoms with E-state index in [0.717, 1.165) is 6.07 Å². The second-order valence-corrected chi connectivity index (χ2v) is 3.28. The Bertz CT molecular complexity index is 383. The van der Waals surface area contributed by atoms with Crippen LogP contribution >= 0.6 is 11.6 Å². The Hall–Kier alpha value is -1.33. The molecule has 0 amide bonds. The third-order valence-corrected chi connectivity index (χ3v) is 2.11. The zero-order valence-corrected chi connectivity index (χ0v) is 8.38. The lowest BCUT2D eigenvalue weighted by Crippen LogP contribution is -2.10. The fourth-order valence-corrected chi connectivity index (χ4v) is 1.31. The Morgan fingerprint density at radius 1 is 1.53 bits per heavy atom. The van der Waals surface area contributed by atoms with E-state index in [9.17, 15) is 14.3 Å². The molecule has 0 fully saturated rings. The summed E-state index contributed by atoms with van der Waals surface area (Å²) < 4.78 is 13.3. The van der Waals surface area contributed by atoms with E-state index in [4.69, 9.17) is 22.4 Å². The molecule has 0 spiro atoms. The Morgan fingerprint density at radius 2 is 2.13 bits per heavy atom. The van der Waals surface area contributed by atoms with Gasteiger partial charge in [-0.25, -0.2) is 4.39 Å². The molecule has 82 valence electrons. The average Bonchev–Trinajstić information content (AvgIpc) is 2.16. The smallest absolute Gasteiger partial charge is 0.179 e. The van der Waals surface area contributed by atoms with Crippen molar-refractivity contribution in [2.24, 2.45) is 5.73 Å². The van der Waals surface area contributed by atoms with Crippen molar-refractivity contribution in [2.75, 3.05) is 6.54 Å². The minimum Gasteiger partial charge on any atom is -0.506 e. The Morgan fingerprint density at radius 3 is 2.67 bits per heavy atom. The summed E-state index contributed by atoms with van der Waals surface area (Å²) in [5.41, 5.74) is 4.50. The van der Waals surface area contributed by atoms with Crippen LogP contribution in [0, 0.1) is 5.82 Å². The van der Waals surface area contributed by atoms with Crippen LogP contribution in [0.25, 0.3) is 0 Å². The van der Waals surface area contributed by atoms with Gasteiger partial charge < -0.3 is 15.9 Å². The molecule has 1 aromatic rings. The van der Waals surface area contributed by atoms with Crippen LogP contribution in [0.5, 0.6) is 11.5 Å². The molecule has 0 saturated heterocycles. The quantitative estimate of drug-likeness (QED) is 0.545. The van der Waals surface area contributed by atoms with Crippen molar-refractivity contribution in [2.45, 2.75) is 6.42 Å². The van der Waals surface area contributed by atoms with E-state index < -0.39 is 28.7 Å². The molecule has 0 saturated carbocycles. The van der Waals surface area contributed by atoms with E-state index >= 15 is 0 Å². The molecule has 0 atom stereocenters. The first-order valence-electron chi connectivity index (χ1n) is 4.12. The lowest BCUT2D eigenvalue weighted by Gasteiger charge is -2.07. The lowest BCUT2D eigenvalue weighted by atomic mass is 10.1. The van der Waals surface area contributed by atoms with Crippen molar-refractivity contribution in [1.82, 2.24) is 0 Å². The predicted octanol–water partition coefficient (Wildman–Crippen LogP) is 1.42. The number of hydrogen-bond acceptors (Lipinski definition) is 4. The Kier molecular flexibility index (Phi) is 3.49. The van der Waals surface area contributed by atoms with E-state index in [1.165, 1.54) is 0 Å². The van der Waals surface area contributed by atoms with Gasteiger partial charge in [0.05, 0.1) is 5.02 Å². The van der Waals surface area contributed by atoms with Crippen molar-refractivity contribution in [3.8, 4) is 11.5 Å². The van der Waals surface area contributed by atoms with Gasteiger partial charge in [0.15, 0.2) is 17.3 Å². The zero-order chi connectivity index (χ0) is 11.6. The summed E-state index contributed by atoms with van der Waals surface area (Å²) in [5, 5.41) is 18.1. The number of carbonyl (C=O) groups excluding carboxylic acids is 1. The largest absolute Gasteiger partial charge is 0.506 e. The standard InChI is InChI=1S/C9H9ClFNO3/c10-4-3-6(14)8(11)7(9(4)15)5(13)1-2-12/h3,14-15H,1-2,12H2. The van der Waals surface area contributed by atoms with Crippen LogP contribution in [-0.2, 0) is 0 Å². The van der Waals surface area contributed by atoms with Gasteiger partial charge in [0.2, 0.25) is 0 Å². The molecule has 4 N–H and O–H groups in total. The summed E-state index contributed by atoms with van der Waals surface area (Å²) in [7, 11) is 0. The number of rotatable bonds is 3. The van der Waals surface area contributed by atoms with Crippen LogP contribution in [-0.4, -0.2) is 22.5 Å². The van der Waals surface area contributed by atoms with Crippen LogP contribution in [0.15, 0.2) is 6.07 Å². The summed E-state index contributed by atoms with van der Waals surface area (Å²) >= 11 is 5.48. The molecule has 6 heteroatoms. The van der Waals surface area contributed by atoms with E-state index in [2.05, 4.69) is 0 Å². The normalized spacial score (nSPS) is 10.3. The van der Waals surface area contributed by atoms with Gasteiger partial charge in [0.1, 0.15) is 11.3 Å². The minimum absolute atomic E-state index is 0.0188. The molecule has 0 unspecified atom stereocenters. The van der Waals surface area contributed by atoms with Gasteiger partial charge in [-0.05, 0) is 6.54 Å². The molecular formula is C9H9ClFNO3. The molecule has 0 aliphatic heterocycles. The number of Topliss-reactive ketones (excluding diaryl/α,β-unsaturated/α-hetero) is 1. The summed E-state index contributed by atoms with van der Waals surface area (Å²) in [6.45, 7) is 0.0188. The number of ketones is 1. The van der Waals surface area contributed by atoms with Crippen LogP contribution in [0.2, 0.25) is 5.02 Å². The van der Waals surface area contributed by atoms with Crippen LogP contribution in [0.3, 0.4) is 0 Å². The summed E-state index contributed by atoms with van der Waals surface area (Å²) in [6, 6.07) is 0.825. The fourth-order valence-electron chi connectivity index (χ4n) is 1.11. The van der Waals surface area contributed by atoms with Gasteiger partial charge in [-0.15, -0.1) is 0 Å². The molecule has 0 aliphatic carbocycles. The zero-order valence-electron chi connectivity index (χ0n) is 7.63. The number of phenolic OH excluding ortho intramolecular Hbond substituents is 2. The molecule has 0 bridgehead atoms. The molecule has 0 aromatic heterocycles. The highest BCUT2D eigenvalue weighted by Gasteiger charge is 2.22. The first-order chi connectivity index (χ1) is 6.99. The summed E-state index contributed by atoms with van der Waals surface area (Å²) in [4.78, 5) is 11.3. The highest BCUT2D eigenvalue weighted by atomic mass is 35.5. The van der Waals surface area contributed by atoms with Gasteiger partial charge in [-0.2, -0.15) is 0 Å². The molecule has 0 aliphatic rings. The molecule has 15 heavy (non-hydrogen) atoms. The highest BCUT2D eigenvalue weighted by molar-refractivity contribution is 6.32. The van der Waals surface area contributed by atoms with Gasteiger partial charge in [0, 0.05) is 12.5 Å². The van der Waals surface area contributed by atoms with Gasteiger partial charge in [-0.1, -0.05) is 11.6 Å². The maximum Gasteiger partial charge on any atom is 0.179 e. The number of nitrogens with two attached hydrogens (primary N) is 1. The molecular weight excluding hydrogens is 225 g/mol. The maximum absolute atomic E-state index is 13.3.